The SMILES string of the molecule is CC(=O)O.CC(C)(C)C1=C/C(=C/N[C@@H]2CCCC[C@H]2N/C=C2/C=C(C(C)(C)C)C=C(C(C)(C)C)C2=O)C(=O)C(C(C)(C)C)=C1.[Co]. The molecule has 45 heavy (non-hydrogen) atoms. The number of nitrogens with one attached hydrogen (secondary N) is 2. The number of Topliss-reactive ketones (excluding diaryl/α,β-unsaturated/α-hetero) is 2. The van der Waals surface area contributed by atoms with Crippen LogP contribution in [0.4, 0.5) is 0 Å². The van der Waals surface area contributed by atoms with E-state index >= 15 is 0 Å². The van der Waals surface area contributed by atoms with E-state index in [1.165, 1.54) is 11.1 Å². The summed E-state index contributed by atoms with van der Waals surface area (Å²) in [5, 5.41) is 14.7. The number of carbonyl (C=O) groups excluding carboxylic acids is 2. The van der Waals surface area contributed by atoms with Crippen LogP contribution in [0, 0.1) is 21.7 Å². The minimum absolute atomic E-state index is 0. The molecule has 0 amide bonds. The summed E-state index contributed by atoms with van der Waals surface area (Å²) in [4.78, 5) is 36.0. The van der Waals surface area contributed by atoms with Gasteiger partial charge in [-0.25, -0.2) is 0 Å². The van der Waals surface area contributed by atoms with Gasteiger partial charge in [-0.3, -0.25) is 14.4 Å². The van der Waals surface area contributed by atoms with E-state index in [1.807, 2.05) is 12.4 Å². The molecule has 0 saturated heterocycles. The van der Waals surface area contributed by atoms with Crippen LogP contribution in [0.5, 0.6) is 0 Å². The number of carboxylic acid groups (broad SMARTS) is 1. The Morgan fingerprint density at radius 2 is 0.933 bits per heavy atom. The summed E-state index contributed by atoms with van der Waals surface area (Å²) in [5.41, 5.74) is 4.95. The summed E-state index contributed by atoms with van der Waals surface area (Å²) < 4.78 is 0. The van der Waals surface area contributed by atoms with Crippen LogP contribution in [-0.2, 0) is 31.2 Å². The first-order valence-corrected chi connectivity index (χ1v) is 16.0. The van der Waals surface area contributed by atoms with Gasteiger partial charge >= 0.3 is 0 Å². The second kappa shape index (κ2) is 15.3. The second-order valence-corrected chi connectivity index (χ2v) is 16.5. The largest absolute Gasteiger partial charge is 0.481 e. The van der Waals surface area contributed by atoms with Crippen LogP contribution in [0.15, 0.2) is 70.1 Å². The van der Waals surface area contributed by atoms with Crippen molar-refractivity contribution in [2.45, 2.75) is 128 Å². The Hall–Kier alpha value is -2.64. The number of rotatable bonds is 4. The van der Waals surface area contributed by atoms with Crippen LogP contribution in [0.2, 0.25) is 0 Å². The number of hydrogen-bond acceptors (Lipinski definition) is 5. The molecule has 0 heterocycles. The van der Waals surface area contributed by atoms with Crippen molar-refractivity contribution in [2.24, 2.45) is 21.7 Å². The number of hydrogen-bond donors (Lipinski definition) is 3. The van der Waals surface area contributed by atoms with E-state index in [9.17, 15) is 9.59 Å². The Morgan fingerprint density at radius 3 is 1.18 bits per heavy atom. The summed E-state index contributed by atoms with van der Waals surface area (Å²) in [6.45, 7) is 26.9. The Balaban J connectivity index is 0.00000191. The summed E-state index contributed by atoms with van der Waals surface area (Å²) in [6.07, 6.45) is 16.5. The monoisotopic (exact) mass is 665 g/mol. The zero-order valence-electron chi connectivity index (χ0n) is 30.0. The molecule has 3 aliphatic rings. The molecule has 6 nitrogen and oxygen atoms in total. The fraction of sp³-hybridized carbons (Fsp3) is 0.605. The average molecular weight is 666 g/mol. The van der Waals surface area contributed by atoms with Gasteiger partial charge in [-0.05, 0) is 57.8 Å². The van der Waals surface area contributed by atoms with Gasteiger partial charge in [0.15, 0.2) is 11.6 Å². The molecule has 0 unspecified atom stereocenters. The quantitative estimate of drug-likeness (QED) is 0.261. The molecule has 0 aromatic heterocycles. The third-order valence-corrected chi connectivity index (χ3v) is 8.26. The Bertz CT molecular complexity index is 1210. The van der Waals surface area contributed by atoms with Gasteiger partial charge in [0.1, 0.15) is 0 Å². The molecule has 2 atom stereocenters. The second-order valence-electron chi connectivity index (χ2n) is 16.5. The molecule has 253 valence electrons. The van der Waals surface area contributed by atoms with Gasteiger partial charge < -0.3 is 15.7 Å². The van der Waals surface area contributed by atoms with Crippen molar-refractivity contribution in [2.75, 3.05) is 0 Å². The summed E-state index contributed by atoms with van der Waals surface area (Å²) >= 11 is 0. The predicted molar refractivity (Wildman–Crippen MR) is 182 cm³/mol. The van der Waals surface area contributed by atoms with E-state index in [1.54, 1.807) is 0 Å². The van der Waals surface area contributed by atoms with Crippen molar-refractivity contribution in [3.05, 3.63) is 70.1 Å². The normalized spacial score (nSPS) is 23.1. The zero-order valence-corrected chi connectivity index (χ0v) is 31.0. The van der Waals surface area contributed by atoms with Crippen LogP contribution in [0.3, 0.4) is 0 Å². The minimum Gasteiger partial charge on any atom is -0.481 e. The molecule has 1 fully saturated rings. The number of aliphatic carboxylic acids is 1. The van der Waals surface area contributed by atoms with Gasteiger partial charge in [0.25, 0.3) is 5.97 Å². The maximum absolute atomic E-state index is 13.5. The van der Waals surface area contributed by atoms with Gasteiger partial charge in [-0.1, -0.05) is 108 Å². The number of carbonyl (C=O) groups is 3. The van der Waals surface area contributed by atoms with E-state index in [2.05, 4.69) is 118 Å². The van der Waals surface area contributed by atoms with E-state index in [0.29, 0.717) is 0 Å². The number of ketones is 2. The molecule has 3 aliphatic carbocycles. The fourth-order valence-corrected chi connectivity index (χ4v) is 5.42. The summed E-state index contributed by atoms with van der Waals surface area (Å²) in [5.74, 6) is -0.630. The van der Waals surface area contributed by atoms with Gasteiger partial charge in [0.2, 0.25) is 0 Å². The summed E-state index contributed by atoms with van der Waals surface area (Å²) in [7, 11) is 0. The first kappa shape index (κ1) is 40.4. The van der Waals surface area contributed by atoms with Crippen LogP contribution < -0.4 is 10.6 Å². The van der Waals surface area contributed by atoms with E-state index in [0.717, 1.165) is 54.9 Å². The van der Waals surface area contributed by atoms with Crippen molar-refractivity contribution < 1.29 is 36.3 Å². The van der Waals surface area contributed by atoms with Crippen molar-refractivity contribution in [1.82, 2.24) is 10.6 Å². The zero-order chi connectivity index (χ0) is 33.8. The molecule has 1 radical (unpaired) electrons. The van der Waals surface area contributed by atoms with Crippen LogP contribution in [-0.4, -0.2) is 34.7 Å². The maximum Gasteiger partial charge on any atom is 0.300 e. The Labute approximate surface area is 283 Å². The van der Waals surface area contributed by atoms with E-state index in [4.69, 9.17) is 9.90 Å². The predicted octanol–water partition coefficient (Wildman–Crippen LogP) is 8.39. The first-order chi connectivity index (χ1) is 19.9. The van der Waals surface area contributed by atoms with Crippen molar-refractivity contribution in [3.63, 3.8) is 0 Å². The minimum atomic E-state index is -0.833. The number of allylic oxidation sites excluding steroid dienone is 10. The molecular weight excluding hydrogens is 607 g/mol. The van der Waals surface area contributed by atoms with Crippen molar-refractivity contribution in [3.8, 4) is 0 Å². The molecule has 3 N–H and O–H groups in total. The van der Waals surface area contributed by atoms with Crippen LogP contribution in [0.25, 0.3) is 0 Å². The third-order valence-electron chi connectivity index (χ3n) is 8.26. The van der Waals surface area contributed by atoms with Gasteiger partial charge in [-0.2, -0.15) is 0 Å². The first-order valence-electron chi connectivity index (χ1n) is 16.0. The molecule has 0 spiro atoms. The van der Waals surface area contributed by atoms with Crippen molar-refractivity contribution in [1.29, 1.82) is 0 Å². The van der Waals surface area contributed by atoms with Gasteiger partial charge in [-0.15, -0.1) is 0 Å². The summed E-state index contributed by atoms with van der Waals surface area (Å²) in [6, 6.07) is 0.340. The molecule has 3 rings (SSSR count). The smallest absolute Gasteiger partial charge is 0.300 e. The molecule has 7 heteroatoms. The molecule has 0 aliphatic heterocycles. The Kier molecular flexibility index (Phi) is 13.7. The Morgan fingerprint density at radius 1 is 0.644 bits per heavy atom. The molecular formula is C38H58CoN2O4. The fourth-order valence-electron chi connectivity index (χ4n) is 5.42. The molecule has 0 aromatic carbocycles. The molecule has 0 bridgehead atoms. The van der Waals surface area contributed by atoms with Crippen LogP contribution >= 0.6 is 0 Å². The topological polar surface area (TPSA) is 95.5 Å². The number of carboxylic acids is 1. The van der Waals surface area contributed by atoms with Crippen LogP contribution in [0.1, 0.15) is 116 Å². The maximum atomic E-state index is 13.5. The van der Waals surface area contributed by atoms with Gasteiger partial charge in [0, 0.05) is 70.5 Å². The molecule has 1 saturated carbocycles. The molecule has 0 aromatic rings. The van der Waals surface area contributed by atoms with Crippen molar-refractivity contribution >= 4 is 17.5 Å². The third kappa shape index (κ3) is 11.6. The average Bonchev–Trinajstić information content (AvgIpc) is 2.84. The standard InChI is InChI=1S/C36H54N2O2.C2H4O2.Co/c1-33(2,3)25-17-23(31(39)27(19-25)35(7,8)9)21-37-29-15-13-14-16-30(29)38-22-24-18-26(34(4,5)6)20-28(32(24)40)36(10,11)12;1-2(3)4;/h17-22,29-30,37-38H,13-16H2,1-12H3;1H3,(H,3,4);/b23-21-,24-22-;;/t29-,30-;;/m1../s1. The van der Waals surface area contributed by atoms with Gasteiger partial charge in [0.05, 0.1) is 0 Å². The van der Waals surface area contributed by atoms with E-state index in [-0.39, 0.29) is 62.1 Å². The van der Waals surface area contributed by atoms with E-state index < -0.39 is 5.97 Å².